The molecule has 2 aromatic rings. The molecule has 2 N–H and O–H groups in total. The van der Waals surface area contributed by atoms with E-state index in [1.54, 1.807) is 19.1 Å². The molecule has 0 saturated heterocycles. The fourth-order valence-electron chi connectivity index (χ4n) is 1.26. The Morgan fingerprint density at radius 3 is 2.86 bits per heavy atom. The molecule has 0 aliphatic heterocycles. The molecule has 0 spiro atoms. The van der Waals surface area contributed by atoms with E-state index >= 15 is 0 Å². The summed E-state index contributed by atoms with van der Waals surface area (Å²) in [5.41, 5.74) is 0.589. The third-order valence-corrected chi connectivity index (χ3v) is 3.23. The molecular formula is C10H9NO2S. The van der Waals surface area contributed by atoms with E-state index in [9.17, 15) is 5.11 Å². The first kappa shape index (κ1) is 9.02. The highest BCUT2D eigenvalue weighted by atomic mass is 32.1. The van der Waals surface area contributed by atoms with Crippen LogP contribution >= 0.6 is 11.3 Å². The second-order valence-electron chi connectivity index (χ2n) is 3.02. The molecule has 1 aromatic carbocycles. The van der Waals surface area contributed by atoms with Gasteiger partial charge in [-0.15, -0.1) is 11.3 Å². The zero-order chi connectivity index (χ0) is 10.1. The van der Waals surface area contributed by atoms with Crippen LogP contribution in [0.3, 0.4) is 0 Å². The molecule has 3 nitrogen and oxygen atoms in total. The van der Waals surface area contributed by atoms with Crippen LogP contribution in [0.4, 0.5) is 0 Å². The average molecular weight is 207 g/mol. The molecule has 72 valence electrons. The first-order valence-electron chi connectivity index (χ1n) is 4.12. The van der Waals surface area contributed by atoms with Gasteiger partial charge in [-0.2, -0.15) is 0 Å². The number of benzene rings is 1. The molecule has 1 aromatic heterocycles. The maximum Gasteiger partial charge on any atom is 0.116 e. The number of nitrogens with zero attached hydrogens (tertiary/aromatic N) is 1. The summed E-state index contributed by atoms with van der Waals surface area (Å²) >= 11 is 1.54. The van der Waals surface area contributed by atoms with Crippen molar-refractivity contribution in [3.8, 4) is 5.75 Å². The topological polar surface area (TPSA) is 52.8 Å². The molecule has 2 rings (SSSR count). The van der Waals surface area contributed by atoms with Crippen molar-refractivity contribution < 1.29 is 10.3 Å². The summed E-state index contributed by atoms with van der Waals surface area (Å²) in [5, 5.41) is 22.0. The minimum absolute atomic E-state index is 0.250. The fourth-order valence-corrected chi connectivity index (χ4v) is 2.24. The molecule has 0 bridgehead atoms. The maximum absolute atomic E-state index is 9.26. The molecule has 0 amide bonds. The van der Waals surface area contributed by atoms with E-state index in [0.717, 1.165) is 15.0 Å². The Labute approximate surface area is 84.9 Å². The van der Waals surface area contributed by atoms with Crippen molar-refractivity contribution in [1.82, 2.24) is 0 Å². The van der Waals surface area contributed by atoms with Crippen molar-refractivity contribution in [3.63, 3.8) is 0 Å². The fraction of sp³-hybridized carbons (Fsp3) is 0.100. The van der Waals surface area contributed by atoms with Gasteiger partial charge in [-0.25, -0.2) is 0 Å². The lowest BCUT2D eigenvalue weighted by Gasteiger charge is -1.89. The average Bonchev–Trinajstić information content (AvgIpc) is 2.59. The molecule has 0 aliphatic carbocycles. The number of hydrogen-bond acceptors (Lipinski definition) is 4. The number of oxime groups is 1. The summed E-state index contributed by atoms with van der Waals surface area (Å²) in [6.45, 7) is 1.74. The second kappa shape index (κ2) is 3.31. The molecule has 0 saturated carbocycles. The highest BCUT2D eigenvalue weighted by Gasteiger charge is 2.05. The van der Waals surface area contributed by atoms with E-state index in [1.165, 1.54) is 11.3 Å². The molecule has 0 fully saturated rings. The largest absolute Gasteiger partial charge is 0.508 e. The summed E-state index contributed by atoms with van der Waals surface area (Å²) < 4.78 is 1.07. The van der Waals surface area contributed by atoms with E-state index < -0.39 is 0 Å². The lowest BCUT2D eigenvalue weighted by molar-refractivity contribution is 0.319. The first-order valence-corrected chi connectivity index (χ1v) is 4.94. The zero-order valence-electron chi connectivity index (χ0n) is 7.56. The van der Waals surface area contributed by atoms with Gasteiger partial charge in [0.25, 0.3) is 0 Å². The van der Waals surface area contributed by atoms with Crippen LogP contribution in [0.1, 0.15) is 11.8 Å². The van der Waals surface area contributed by atoms with Gasteiger partial charge in [-0.3, -0.25) is 0 Å². The summed E-state index contributed by atoms with van der Waals surface area (Å²) in [4.78, 5) is 0.910. The Balaban J connectivity index is 2.62. The third kappa shape index (κ3) is 1.44. The van der Waals surface area contributed by atoms with Crippen LogP contribution in [0.2, 0.25) is 0 Å². The Hall–Kier alpha value is -1.55. The number of phenolic OH excluding ortho intramolecular Hbond substituents is 1. The number of thiophene rings is 1. The van der Waals surface area contributed by atoms with Crippen molar-refractivity contribution in [2.75, 3.05) is 0 Å². The molecule has 0 atom stereocenters. The van der Waals surface area contributed by atoms with Crippen LogP contribution in [-0.4, -0.2) is 16.0 Å². The van der Waals surface area contributed by atoms with Crippen LogP contribution in [0.15, 0.2) is 29.4 Å². The zero-order valence-corrected chi connectivity index (χ0v) is 8.38. The van der Waals surface area contributed by atoms with E-state index in [-0.39, 0.29) is 5.75 Å². The van der Waals surface area contributed by atoms with E-state index in [0.29, 0.717) is 5.71 Å². The van der Waals surface area contributed by atoms with Gasteiger partial charge in [0.05, 0.1) is 10.6 Å². The summed E-state index contributed by atoms with van der Waals surface area (Å²) in [6.07, 6.45) is 0. The molecule has 0 aliphatic rings. The smallest absolute Gasteiger partial charge is 0.116 e. The van der Waals surface area contributed by atoms with Gasteiger partial charge in [-0.05, 0) is 36.6 Å². The summed E-state index contributed by atoms with van der Waals surface area (Å²) in [5.74, 6) is 0.250. The summed E-state index contributed by atoms with van der Waals surface area (Å²) in [6, 6.07) is 7.09. The number of hydrogen-bond donors (Lipinski definition) is 2. The Kier molecular flexibility index (Phi) is 2.13. The lowest BCUT2D eigenvalue weighted by Crippen LogP contribution is -1.87. The van der Waals surface area contributed by atoms with Gasteiger partial charge in [0, 0.05) is 4.70 Å². The van der Waals surface area contributed by atoms with Crippen LogP contribution in [0, 0.1) is 0 Å². The Morgan fingerprint density at radius 1 is 1.36 bits per heavy atom. The van der Waals surface area contributed by atoms with Gasteiger partial charge in [0.15, 0.2) is 0 Å². The van der Waals surface area contributed by atoms with Crippen LogP contribution in [0.25, 0.3) is 10.1 Å². The van der Waals surface area contributed by atoms with Gasteiger partial charge < -0.3 is 10.3 Å². The third-order valence-electron chi connectivity index (χ3n) is 2.01. The van der Waals surface area contributed by atoms with Gasteiger partial charge >= 0.3 is 0 Å². The molecular weight excluding hydrogens is 198 g/mol. The standard InChI is InChI=1S/C10H9NO2S/c1-6(11-13)10-5-7-4-8(12)2-3-9(7)14-10/h2-5,12-13H,1H3/b11-6+. The molecule has 14 heavy (non-hydrogen) atoms. The van der Waals surface area contributed by atoms with Crippen LogP contribution in [-0.2, 0) is 0 Å². The minimum atomic E-state index is 0.250. The van der Waals surface area contributed by atoms with Gasteiger partial charge in [-0.1, -0.05) is 5.16 Å². The van der Waals surface area contributed by atoms with Crippen LogP contribution < -0.4 is 0 Å². The lowest BCUT2D eigenvalue weighted by atomic mass is 10.2. The number of fused-ring (bicyclic) bond motifs is 1. The highest BCUT2D eigenvalue weighted by molar-refractivity contribution is 7.20. The van der Waals surface area contributed by atoms with Crippen molar-refractivity contribution in [3.05, 3.63) is 29.1 Å². The Bertz CT molecular complexity index is 502. The number of aromatic hydroxyl groups is 1. The van der Waals surface area contributed by atoms with E-state index in [4.69, 9.17) is 5.21 Å². The SMILES string of the molecule is C/C(=N\O)c1cc2cc(O)ccc2s1. The van der Waals surface area contributed by atoms with E-state index in [2.05, 4.69) is 5.16 Å². The molecule has 0 unspecified atom stereocenters. The monoisotopic (exact) mass is 207 g/mol. The van der Waals surface area contributed by atoms with E-state index in [1.807, 2.05) is 12.1 Å². The predicted molar refractivity (Wildman–Crippen MR) is 57.5 cm³/mol. The number of rotatable bonds is 1. The minimum Gasteiger partial charge on any atom is -0.508 e. The maximum atomic E-state index is 9.26. The quantitative estimate of drug-likeness (QED) is 0.429. The van der Waals surface area contributed by atoms with Gasteiger partial charge in [0.2, 0.25) is 0 Å². The van der Waals surface area contributed by atoms with Crippen molar-refractivity contribution >= 4 is 27.1 Å². The van der Waals surface area contributed by atoms with Gasteiger partial charge in [0.1, 0.15) is 5.75 Å². The second-order valence-corrected chi connectivity index (χ2v) is 4.10. The highest BCUT2D eigenvalue weighted by Crippen LogP contribution is 2.28. The first-order chi connectivity index (χ1) is 6.70. The van der Waals surface area contributed by atoms with Crippen molar-refractivity contribution in [2.24, 2.45) is 5.16 Å². The molecule has 4 heteroatoms. The van der Waals surface area contributed by atoms with Crippen LogP contribution in [0.5, 0.6) is 5.75 Å². The summed E-state index contributed by atoms with van der Waals surface area (Å²) in [7, 11) is 0. The normalized spacial score (nSPS) is 12.2. The molecule has 1 heterocycles. The molecule has 0 radical (unpaired) electrons. The predicted octanol–water partition coefficient (Wildman–Crippen LogP) is 2.81. The number of phenols is 1. The Morgan fingerprint density at radius 2 is 2.14 bits per heavy atom. The van der Waals surface area contributed by atoms with Crippen molar-refractivity contribution in [2.45, 2.75) is 6.92 Å². The van der Waals surface area contributed by atoms with Crippen molar-refractivity contribution in [1.29, 1.82) is 0 Å².